The molecule has 0 unspecified atom stereocenters. The first kappa shape index (κ1) is 12.9. The highest BCUT2D eigenvalue weighted by atomic mass is 19.4. The standard InChI is InChI=1S/C10H12F4N2/c11-8-2-1-6(9(16)3-4-15)5-7(8)10(12,13)14/h1-2,5,9H,3-4,15-16H2/t9-/m0/s1. The molecule has 0 aliphatic carbocycles. The van der Waals surface area contributed by atoms with Crippen molar-refractivity contribution in [1.82, 2.24) is 0 Å². The molecule has 4 N–H and O–H groups in total. The Bertz CT molecular complexity index is 362. The maximum absolute atomic E-state index is 12.9. The van der Waals surface area contributed by atoms with Crippen LogP contribution >= 0.6 is 0 Å². The Morgan fingerprint density at radius 3 is 2.38 bits per heavy atom. The van der Waals surface area contributed by atoms with E-state index in [9.17, 15) is 17.6 Å². The minimum atomic E-state index is -4.71. The number of hydrogen-bond donors (Lipinski definition) is 2. The van der Waals surface area contributed by atoms with Crippen LogP contribution in [0.2, 0.25) is 0 Å². The van der Waals surface area contributed by atoms with E-state index in [0.29, 0.717) is 6.42 Å². The predicted molar refractivity (Wildman–Crippen MR) is 52.0 cm³/mol. The first-order valence-corrected chi connectivity index (χ1v) is 4.68. The highest BCUT2D eigenvalue weighted by Gasteiger charge is 2.34. The molecule has 0 spiro atoms. The van der Waals surface area contributed by atoms with Gasteiger partial charge in [0.05, 0.1) is 5.56 Å². The molecule has 0 amide bonds. The first-order chi connectivity index (χ1) is 7.36. The lowest BCUT2D eigenvalue weighted by atomic mass is 10.0. The maximum atomic E-state index is 12.9. The second-order valence-electron chi connectivity index (χ2n) is 3.42. The van der Waals surface area contributed by atoms with Gasteiger partial charge in [-0.15, -0.1) is 0 Å². The van der Waals surface area contributed by atoms with Crippen LogP contribution in [0.15, 0.2) is 18.2 Å². The van der Waals surface area contributed by atoms with Crippen LogP contribution in [0.3, 0.4) is 0 Å². The molecule has 1 rings (SSSR count). The van der Waals surface area contributed by atoms with E-state index in [1.807, 2.05) is 0 Å². The summed E-state index contributed by atoms with van der Waals surface area (Å²) >= 11 is 0. The van der Waals surface area contributed by atoms with Gasteiger partial charge in [0.25, 0.3) is 0 Å². The quantitative estimate of drug-likeness (QED) is 0.790. The molecule has 0 radical (unpaired) electrons. The molecule has 0 aromatic heterocycles. The summed E-state index contributed by atoms with van der Waals surface area (Å²) in [4.78, 5) is 0. The number of benzene rings is 1. The van der Waals surface area contributed by atoms with Crippen molar-refractivity contribution in [2.75, 3.05) is 6.54 Å². The first-order valence-electron chi connectivity index (χ1n) is 4.68. The summed E-state index contributed by atoms with van der Waals surface area (Å²) in [5, 5.41) is 0. The molecule has 0 fully saturated rings. The molecule has 0 saturated heterocycles. The van der Waals surface area contributed by atoms with Gasteiger partial charge in [0.15, 0.2) is 0 Å². The van der Waals surface area contributed by atoms with Gasteiger partial charge in [-0.05, 0) is 30.7 Å². The van der Waals surface area contributed by atoms with Gasteiger partial charge in [-0.3, -0.25) is 0 Å². The van der Waals surface area contributed by atoms with Gasteiger partial charge in [-0.25, -0.2) is 4.39 Å². The van der Waals surface area contributed by atoms with Crippen molar-refractivity contribution in [3.05, 3.63) is 35.1 Å². The molecule has 0 bridgehead atoms. The lowest BCUT2D eigenvalue weighted by Gasteiger charge is -2.14. The number of rotatable bonds is 3. The molecule has 0 saturated carbocycles. The third kappa shape index (κ3) is 2.93. The Hall–Kier alpha value is -1.14. The van der Waals surface area contributed by atoms with E-state index in [-0.39, 0.29) is 12.1 Å². The number of nitrogens with two attached hydrogens (primary N) is 2. The minimum Gasteiger partial charge on any atom is -0.330 e. The average molecular weight is 236 g/mol. The van der Waals surface area contributed by atoms with E-state index < -0.39 is 23.6 Å². The Morgan fingerprint density at radius 2 is 1.88 bits per heavy atom. The third-order valence-electron chi connectivity index (χ3n) is 2.20. The summed E-state index contributed by atoms with van der Waals surface area (Å²) in [5.41, 5.74) is 9.78. The van der Waals surface area contributed by atoms with Crippen LogP contribution in [-0.4, -0.2) is 6.54 Å². The fraction of sp³-hybridized carbons (Fsp3) is 0.400. The zero-order chi connectivity index (χ0) is 12.3. The topological polar surface area (TPSA) is 52.0 Å². The molecule has 16 heavy (non-hydrogen) atoms. The number of alkyl halides is 3. The highest BCUT2D eigenvalue weighted by molar-refractivity contribution is 5.29. The fourth-order valence-corrected chi connectivity index (χ4v) is 1.34. The molecule has 0 aliphatic heterocycles. The van der Waals surface area contributed by atoms with Crippen molar-refractivity contribution in [3.63, 3.8) is 0 Å². The van der Waals surface area contributed by atoms with Crippen LogP contribution in [0.5, 0.6) is 0 Å². The summed E-state index contributed by atoms with van der Waals surface area (Å²) in [6.07, 6.45) is -4.36. The van der Waals surface area contributed by atoms with Crippen LogP contribution in [0.25, 0.3) is 0 Å². The highest BCUT2D eigenvalue weighted by Crippen LogP contribution is 2.32. The normalized spacial score (nSPS) is 13.9. The number of halogens is 4. The van der Waals surface area contributed by atoms with E-state index in [0.717, 1.165) is 12.1 Å². The van der Waals surface area contributed by atoms with E-state index in [1.54, 1.807) is 0 Å². The molecule has 2 nitrogen and oxygen atoms in total. The molecule has 90 valence electrons. The van der Waals surface area contributed by atoms with E-state index in [2.05, 4.69) is 0 Å². The number of hydrogen-bond acceptors (Lipinski definition) is 2. The molecule has 1 aromatic rings. The molecular weight excluding hydrogens is 224 g/mol. The smallest absolute Gasteiger partial charge is 0.330 e. The maximum Gasteiger partial charge on any atom is 0.419 e. The van der Waals surface area contributed by atoms with Crippen LogP contribution in [-0.2, 0) is 6.18 Å². The second-order valence-corrected chi connectivity index (χ2v) is 3.42. The van der Waals surface area contributed by atoms with Crippen molar-refractivity contribution in [3.8, 4) is 0 Å². The lowest BCUT2D eigenvalue weighted by Crippen LogP contribution is -2.17. The Labute approximate surface area is 90.2 Å². The predicted octanol–water partition coefficient (Wildman–Crippen LogP) is 2.19. The van der Waals surface area contributed by atoms with Crippen LogP contribution in [0, 0.1) is 5.82 Å². The monoisotopic (exact) mass is 236 g/mol. The van der Waals surface area contributed by atoms with Gasteiger partial charge in [0, 0.05) is 6.04 Å². The summed E-state index contributed by atoms with van der Waals surface area (Å²) in [5.74, 6) is -1.30. The molecule has 0 heterocycles. The van der Waals surface area contributed by atoms with Gasteiger partial charge in [-0.1, -0.05) is 6.07 Å². The van der Waals surface area contributed by atoms with Crippen LogP contribution < -0.4 is 11.5 Å². The summed E-state index contributed by atoms with van der Waals surface area (Å²) in [7, 11) is 0. The largest absolute Gasteiger partial charge is 0.419 e. The van der Waals surface area contributed by atoms with Gasteiger partial charge in [0.2, 0.25) is 0 Å². The molecule has 1 atom stereocenters. The van der Waals surface area contributed by atoms with E-state index >= 15 is 0 Å². The van der Waals surface area contributed by atoms with Crippen molar-refractivity contribution in [1.29, 1.82) is 0 Å². The Balaban J connectivity index is 3.07. The van der Waals surface area contributed by atoms with Gasteiger partial charge in [-0.2, -0.15) is 13.2 Å². The van der Waals surface area contributed by atoms with Gasteiger partial charge in [0.1, 0.15) is 5.82 Å². The van der Waals surface area contributed by atoms with Gasteiger partial charge >= 0.3 is 6.18 Å². The summed E-state index contributed by atoms with van der Waals surface area (Å²) < 4.78 is 50.0. The van der Waals surface area contributed by atoms with Crippen molar-refractivity contribution in [2.24, 2.45) is 11.5 Å². The fourth-order valence-electron chi connectivity index (χ4n) is 1.34. The van der Waals surface area contributed by atoms with Crippen molar-refractivity contribution in [2.45, 2.75) is 18.6 Å². The zero-order valence-corrected chi connectivity index (χ0v) is 8.39. The molecule has 6 heteroatoms. The van der Waals surface area contributed by atoms with E-state index in [4.69, 9.17) is 11.5 Å². The Morgan fingerprint density at radius 1 is 1.25 bits per heavy atom. The summed E-state index contributed by atoms with van der Waals surface area (Å²) in [6.45, 7) is 0.264. The Kier molecular flexibility index (Phi) is 3.88. The summed E-state index contributed by atoms with van der Waals surface area (Å²) in [6, 6.07) is 2.14. The lowest BCUT2D eigenvalue weighted by molar-refractivity contribution is -0.140. The van der Waals surface area contributed by atoms with Gasteiger partial charge < -0.3 is 11.5 Å². The molecular formula is C10H12F4N2. The third-order valence-corrected chi connectivity index (χ3v) is 2.20. The molecule has 1 aromatic carbocycles. The van der Waals surface area contributed by atoms with Crippen molar-refractivity contribution >= 4 is 0 Å². The minimum absolute atomic E-state index is 0.235. The van der Waals surface area contributed by atoms with Crippen molar-refractivity contribution < 1.29 is 17.6 Å². The van der Waals surface area contributed by atoms with E-state index in [1.165, 1.54) is 6.07 Å². The van der Waals surface area contributed by atoms with Crippen LogP contribution in [0.1, 0.15) is 23.6 Å². The average Bonchev–Trinajstić information content (AvgIpc) is 2.16. The zero-order valence-electron chi connectivity index (χ0n) is 8.39. The second kappa shape index (κ2) is 4.80. The SMILES string of the molecule is NCC[C@H](N)c1ccc(F)c(C(F)(F)F)c1. The van der Waals surface area contributed by atoms with Crippen LogP contribution in [0.4, 0.5) is 17.6 Å². The molecule has 0 aliphatic rings.